The first kappa shape index (κ1) is 15.6. The summed E-state index contributed by atoms with van der Waals surface area (Å²) >= 11 is 9.26. The van der Waals surface area contributed by atoms with Crippen molar-refractivity contribution in [3.8, 4) is 0 Å². The number of halogens is 1. The van der Waals surface area contributed by atoms with Crippen molar-refractivity contribution in [2.24, 2.45) is 0 Å². The molecule has 4 heteroatoms. The summed E-state index contributed by atoms with van der Waals surface area (Å²) in [7, 11) is 0. The second kappa shape index (κ2) is 6.52. The Morgan fingerprint density at radius 2 is 1.74 bits per heavy atom. The van der Waals surface area contributed by atoms with Crippen LogP contribution in [0.4, 0.5) is 0 Å². The molecule has 0 spiro atoms. The lowest BCUT2D eigenvalue weighted by molar-refractivity contribution is 1.25. The smallest absolute Gasteiger partial charge is 0.0345 e. The number of aryl methyl sites for hydroxylation is 1. The molecule has 0 atom stereocenters. The lowest BCUT2D eigenvalue weighted by Gasteiger charge is -1.99. The van der Waals surface area contributed by atoms with Gasteiger partial charge in [0.15, 0.2) is 0 Å². The Balaban J connectivity index is 1.53. The highest BCUT2D eigenvalue weighted by Crippen LogP contribution is 2.30. The van der Waals surface area contributed by atoms with E-state index >= 15 is 0 Å². The van der Waals surface area contributed by atoms with E-state index in [4.69, 9.17) is 0 Å². The first-order valence-electron chi connectivity index (χ1n) is 7.46. The molecule has 0 fully saturated rings. The summed E-state index contributed by atoms with van der Waals surface area (Å²) in [6.07, 6.45) is 2.06. The zero-order valence-electron chi connectivity index (χ0n) is 12.6. The van der Waals surface area contributed by atoms with Crippen molar-refractivity contribution in [1.29, 1.82) is 0 Å². The number of thiophene rings is 3. The molecule has 3 aromatic heterocycles. The number of benzene rings is 1. The van der Waals surface area contributed by atoms with Crippen LogP contribution in [0.2, 0.25) is 0 Å². The zero-order chi connectivity index (χ0) is 15.8. The van der Waals surface area contributed by atoms with Crippen LogP contribution in [0, 0.1) is 6.92 Å². The summed E-state index contributed by atoms with van der Waals surface area (Å²) in [6, 6.07) is 15.9. The van der Waals surface area contributed by atoms with E-state index in [2.05, 4.69) is 70.7 Å². The topological polar surface area (TPSA) is 0 Å². The predicted molar refractivity (Wildman–Crippen MR) is 109 cm³/mol. The fourth-order valence-corrected chi connectivity index (χ4v) is 6.33. The molecule has 0 nitrogen and oxygen atoms in total. The molecule has 0 aliphatic carbocycles. The van der Waals surface area contributed by atoms with Gasteiger partial charge in [0.25, 0.3) is 0 Å². The van der Waals surface area contributed by atoms with Gasteiger partial charge in [0.2, 0.25) is 0 Å². The van der Waals surface area contributed by atoms with Crippen molar-refractivity contribution < 1.29 is 0 Å². The third-order valence-electron chi connectivity index (χ3n) is 3.83. The lowest BCUT2D eigenvalue weighted by atomic mass is 10.1. The monoisotopic (exact) mass is 418 g/mol. The largest absolute Gasteiger partial charge is 0.147 e. The number of hydrogen-bond donors (Lipinski definition) is 0. The van der Waals surface area contributed by atoms with Gasteiger partial charge in [-0.15, -0.1) is 34.0 Å². The minimum absolute atomic E-state index is 1.03. The quantitative estimate of drug-likeness (QED) is 0.326. The molecule has 0 aliphatic heterocycles. The van der Waals surface area contributed by atoms with E-state index in [-0.39, 0.29) is 0 Å². The van der Waals surface area contributed by atoms with E-state index in [1.54, 1.807) is 0 Å². The van der Waals surface area contributed by atoms with Crippen LogP contribution in [0.3, 0.4) is 0 Å². The van der Waals surface area contributed by atoms with Crippen molar-refractivity contribution in [3.05, 3.63) is 77.4 Å². The van der Waals surface area contributed by atoms with Crippen LogP contribution in [-0.2, 0) is 12.8 Å². The summed E-state index contributed by atoms with van der Waals surface area (Å²) in [5.41, 5.74) is 1.40. The van der Waals surface area contributed by atoms with Crippen molar-refractivity contribution in [3.63, 3.8) is 0 Å². The van der Waals surface area contributed by atoms with Gasteiger partial charge in [0.05, 0.1) is 0 Å². The number of hydrogen-bond acceptors (Lipinski definition) is 3. The third kappa shape index (κ3) is 3.45. The molecule has 3 heterocycles. The van der Waals surface area contributed by atoms with Gasteiger partial charge < -0.3 is 0 Å². The second-order valence-corrected chi connectivity index (χ2v) is 10.0. The Bertz CT molecular complexity index is 958. The van der Waals surface area contributed by atoms with Gasteiger partial charge in [-0.25, -0.2) is 0 Å². The molecule has 116 valence electrons. The normalized spacial score (nSPS) is 11.4. The molecule has 4 aromatic rings. The van der Waals surface area contributed by atoms with E-state index in [1.807, 2.05) is 34.0 Å². The van der Waals surface area contributed by atoms with E-state index < -0.39 is 0 Å². The Morgan fingerprint density at radius 3 is 2.52 bits per heavy atom. The number of fused-ring (bicyclic) bond motifs is 1. The molecule has 0 aliphatic rings. The maximum Gasteiger partial charge on any atom is 0.0345 e. The van der Waals surface area contributed by atoms with Crippen molar-refractivity contribution >= 4 is 60.0 Å². The average molecular weight is 419 g/mol. The van der Waals surface area contributed by atoms with Crippen molar-refractivity contribution in [2.75, 3.05) is 0 Å². The van der Waals surface area contributed by atoms with Crippen LogP contribution in [0.5, 0.6) is 0 Å². The third-order valence-corrected chi connectivity index (χ3v) is 7.87. The zero-order valence-corrected chi connectivity index (χ0v) is 16.7. The molecule has 0 bridgehead atoms. The van der Waals surface area contributed by atoms with Gasteiger partial charge >= 0.3 is 0 Å². The van der Waals surface area contributed by atoms with Crippen LogP contribution in [-0.4, -0.2) is 0 Å². The van der Waals surface area contributed by atoms with Gasteiger partial charge in [0.1, 0.15) is 0 Å². The summed E-state index contributed by atoms with van der Waals surface area (Å²) in [5, 5.41) is 3.52. The van der Waals surface area contributed by atoms with Crippen molar-refractivity contribution in [1.82, 2.24) is 0 Å². The van der Waals surface area contributed by atoms with Gasteiger partial charge in [-0.3, -0.25) is 0 Å². The van der Waals surface area contributed by atoms with Crippen molar-refractivity contribution in [2.45, 2.75) is 19.8 Å². The van der Waals surface area contributed by atoms with Gasteiger partial charge in [-0.05, 0) is 75.6 Å². The molecule has 0 radical (unpaired) electrons. The van der Waals surface area contributed by atoms with Crippen LogP contribution >= 0.6 is 49.9 Å². The first-order valence-corrected chi connectivity index (χ1v) is 10.8. The van der Waals surface area contributed by atoms with E-state index in [1.165, 1.54) is 39.6 Å². The Hall–Kier alpha value is -0.940. The van der Waals surface area contributed by atoms with Gasteiger partial charge in [-0.1, -0.05) is 6.07 Å². The van der Waals surface area contributed by atoms with Gasteiger partial charge in [-0.2, -0.15) is 0 Å². The Morgan fingerprint density at radius 1 is 0.913 bits per heavy atom. The summed E-state index contributed by atoms with van der Waals surface area (Å²) in [6.45, 7) is 2.18. The molecular weight excluding hydrogens is 404 g/mol. The second-order valence-electron chi connectivity index (χ2n) is 5.64. The fraction of sp³-hybridized carbons (Fsp3) is 0.158. The summed E-state index contributed by atoms with van der Waals surface area (Å²) < 4.78 is 2.62. The maximum absolute atomic E-state index is 3.63. The van der Waals surface area contributed by atoms with Gasteiger partial charge in [0, 0.05) is 41.5 Å². The van der Waals surface area contributed by atoms with E-state index in [0.29, 0.717) is 0 Å². The summed E-state index contributed by atoms with van der Waals surface area (Å²) in [5.74, 6) is 0. The predicted octanol–water partition coefficient (Wildman–Crippen LogP) is 7.28. The molecule has 4 rings (SSSR count). The molecule has 0 saturated carbocycles. The highest BCUT2D eigenvalue weighted by atomic mass is 79.9. The van der Waals surface area contributed by atoms with Crippen LogP contribution in [0.1, 0.15) is 25.1 Å². The summed E-state index contributed by atoms with van der Waals surface area (Å²) in [4.78, 5) is 5.68. The average Bonchev–Trinajstić information content (AvgIpc) is 3.21. The first-order chi connectivity index (χ1) is 11.2. The minimum Gasteiger partial charge on any atom is -0.147 e. The lowest BCUT2D eigenvalue weighted by Crippen LogP contribution is -1.83. The molecule has 1 aromatic carbocycles. The highest BCUT2D eigenvalue weighted by molar-refractivity contribution is 9.10. The highest BCUT2D eigenvalue weighted by Gasteiger charge is 2.07. The number of rotatable bonds is 4. The maximum atomic E-state index is 3.63. The minimum atomic E-state index is 1.03. The molecular formula is C19H15BrS3. The Labute approximate surface area is 156 Å². The molecule has 0 amide bonds. The van der Waals surface area contributed by atoms with Crippen LogP contribution in [0.25, 0.3) is 10.1 Å². The molecule has 0 saturated heterocycles. The van der Waals surface area contributed by atoms with E-state index in [0.717, 1.165) is 12.8 Å². The fourth-order valence-electron chi connectivity index (χ4n) is 2.76. The SMILES string of the molecule is Cc1cc2cc(Cc3ccc(Cc4sccc4Br)s3)ccc2s1. The Kier molecular flexibility index (Phi) is 4.41. The molecule has 0 unspecified atom stereocenters. The van der Waals surface area contributed by atoms with E-state index in [9.17, 15) is 0 Å². The van der Waals surface area contributed by atoms with Crippen LogP contribution in [0.15, 0.2) is 52.3 Å². The standard InChI is InChI=1S/C19H15BrS3/c1-12-8-14-9-13(2-5-18(14)22-12)10-15-3-4-16(23-15)11-19-17(20)6-7-21-19/h2-9H,10-11H2,1H3. The molecule has 0 N–H and O–H groups in total. The molecule has 23 heavy (non-hydrogen) atoms. The van der Waals surface area contributed by atoms with Crippen LogP contribution < -0.4 is 0 Å².